The molecular weight excluding hydrogens is 294 g/mol. The highest BCUT2D eigenvalue weighted by atomic mass is 32.2. The van der Waals surface area contributed by atoms with Crippen molar-refractivity contribution < 1.29 is 22.3 Å². The van der Waals surface area contributed by atoms with Crippen molar-refractivity contribution in [1.82, 2.24) is 4.72 Å². The molecule has 0 radical (unpaired) electrons. The molecule has 0 spiro atoms. The molecule has 1 aromatic carbocycles. The van der Waals surface area contributed by atoms with Crippen molar-refractivity contribution in [3.63, 3.8) is 0 Å². The quantitative estimate of drug-likeness (QED) is 0.884. The highest BCUT2D eigenvalue weighted by Gasteiger charge is 2.22. The molecule has 0 atom stereocenters. The second-order valence-corrected chi connectivity index (χ2v) is 6.11. The number of hydrogen-bond acceptors (Lipinski definition) is 5. The molecule has 0 unspecified atom stereocenters. The zero-order valence-corrected chi connectivity index (χ0v) is 12.9. The summed E-state index contributed by atoms with van der Waals surface area (Å²) in [6, 6.07) is 6.45. The Morgan fingerprint density at radius 1 is 1.19 bits per heavy atom. The van der Waals surface area contributed by atoms with Gasteiger partial charge in [0.05, 0.1) is 27.0 Å². The van der Waals surface area contributed by atoms with Gasteiger partial charge in [0.25, 0.3) is 0 Å². The van der Waals surface area contributed by atoms with E-state index in [0.717, 1.165) is 5.56 Å². The Labute approximate surface area is 123 Å². The van der Waals surface area contributed by atoms with E-state index in [1.54, 1.807) is 18.2 Å². The predicted molar refractivity (Wildman–Crippen MR) is 77.0 cm³/mol. The lowest BCUT2D eigenvalue weighted by Crippen LogP contribution is -2.23. The summed E-state index contributed by atoms with van der Waals surface area (Å²) in [6.07, 6.45) is 1.49. The van der Waals surface area contributed by atoms with Crippen molar-refractivity contribution in [3.05, 3.63) is 41.9 Å². The number of hydrogen-bond donors (Lipinski definition) is 1. The summed E-state index contributed by atoms with van der Waals surface area (Å²) in [5.74, 6) is 1.27. The fourth-order valence-electron chi connectivity index (χ4n) is 1.89. The zero-order valence-electron chi connectivity index (χ0n) is 12.0. The first-order valence-electron chi connectivity index (χ1n) is 6.22. The second kappa shape index (κ2) is 6.19. The van der Waals surface area contributed by atoms with Gasteiger partial charge in [0.15, 0.2) is 0 Å². The van der Waals surface area contributed by atoms with Gasteiger partial charge in [-0.25, -0.2) is 13.1 Å². The summed E-state index contributed by atoms with van der Waals surface area (Å²) < 4.78 is 42.7. The summed E-state index contributed by atoms with van der Waals surface area (Å²) in [4.78, 5) is 0.0269. The van der Waals surface area contributed by atoms with Gasteiger partial charge in [-0.05, 0) is 30.7 Å². The maximum Gasteiger partial charge on any atom is 0.244 e. The van der Waals surface area contributed by atoms with Crippen LogP contribution in [0.2, 0.25) is 0 Å². The van der Waals surface area contributed by atoms with E-state index >= 15 is 0 Å². The van der Waals surface area contributed by atoms with Gasteiger partial charge < -0.3 is 13.9 Å². The van der Waals surface area contributed by atoms with Gasteiger partial charge in [-0.1, -0.05) is 0 Å². The molecule has 0 fully saturated rings. The Morgan fingerprint density at radius 2 is 1.90 bits per heavy atom. The van der Waals surface area contributed by atoms with Gasteiger partial charge in [0.2, 0.25) is 10.0 Å². The number of furan rings is 1. The lowest BCUT2D eigenvalue weighted by atomic mass is 10.2. The first-order chi connectivity index (χ1) is 9.97. The van der Waals surface area contributed by atoms with Crippen LogP contribution in [0.15, 0.2) is 39.8 Å². The van der Waals surface area contributed by atoms with Crippen LogP contribution >= 0.6 is 0 Å². The van der Waals surface area contributed by atoms with Gasteiger partial charge in [-0.2, -0.15) is 0 Å². The summed E-state index contributed by atoms with van der Waals surface area (Å²) in [5, 5.41) is 0. The molecule has 0 aliphatic rings. The molecule has 2 aromatic rings. The van der Waals surface area contributed by atoms with Crippen LogP contribution in [0.1, 0.15) is 11.3 Å². The average molecular weight is 311 g/mol. The summed E-state index contributed by atoms with van der Waals surface area (Å²) in [6.45, 7) is 1.88. The molecule has 0 saturated carbocycles. The van der Waals surface area contributed by atoms with E-state index < -0.39 is 10.0 Å². The fourth-order valence-corrected chi connectivity index (χ4v) is 3.05. The first-order valence-corrected chi connectivity index (χ1v) is 7.71. The van der Waals surface area contributed by atoms with Gasteiger partial charge in [-0.3, -0.25) is 0 Å². The van der Waals surface area contributed by atoms with E-state index in [4.69, 9.17) is 13.9 Å². The van der Waals surface area contributed by atoms with Gasteiger partial charge >= 0.3 is 0 Å². The van der Waals surface area contributed by atoms with Crippen LogP contribution in [0.5, 0.6) is 11.5 Å². The van der Waals surface area contributed by atoms with Crippen LogP contribution in [0, 0.1) is 6.92 Å². The molecule has 0 bridgehead atoms. The van der Waals surface area contributed by atoms with E-state index in [0.29, 0.717) is 11.5 Å². The number of aryl methyl sites for hydroxylation is 1. The molecule has 21 heavy (non-hydrogen) atoms. The van der Waals surface area contributed by atoms with E-state index in [1.807, 2.05) is 6.92 Å². The number of methoxy groups -OCH3 is 2. The van der Waals surface area contributed by atoms with Crippen molar-refractivity contribution in [1.29, 1.82) is 0 Å². The third kappa shape index (κ3) is 3.37. The molecule has 114 valence electrons. The molecule has 2 rings (SSSR count). The third-order valence-electron chi connectivity index (χ3n) is 2.99. The Kier molecular flexibility index (Phi) is 4.54. The van der Waals surface area contributed by atoms with Crippen molar-refractivity contribution in [2.45, 2.75) is 18.4 Å². The second-order valence-electron chi connectivity index (χ2n) is 4.38. The molecule has 1 N–H and O–H groups in total. The molecule has 0 saturated heterocycles. The molecule has 0 aliphatic carbocycles. The summed E-state index contributed by atoms with van der Waals surface area (Å²) in [5.41, 5.74) is 0.791. The molecule has 1 heterocycles. The monoisotopic (exact) mass is 311 g/mol. The maximum atomic E-state index is 12.4. The Balaban J connectivity index is 2.34. The maximum absolute atomic E-state index is 12.4. The predicted octanol–water partition coefficient (Wildman–Crippen LogP) is 2.08. The average Bonchev–Trinajstić information content (AvgIpc) is 2.98. The van der Waals surface area contributed by atoms with Crippen LogP contribution in [-0.4, -0.2) is 22.6 Å². The minimum Gasteiger partial charge on any atom is -0.496 e. The standard InChI is InChI=1S/C14H17NO5S/c1-10-7-13(19-3)14(8-12(10)18-2)21(16,17)15-9-11-5-4-6-20-11/h4-8,15H,9H2,1-3H3. The van der Waals surface area contributed by atoms with E-state index in [9.17, 15) is 8.42 Å². The Morgan fingerprint density at radius 3 is 2.48 bits per heavy atom. The SMILES string of the molecule is COc1cc(S(=O)(=O)NCc2ccco2)c(OC)cc1C. The minimum atomic E-state index is -3.74. The van der Waals surface area contributed by atoms with Gasteiger partial charge in [0.1, 0.15) is 22.2 Å². The van der Waals surface area contributed by atoms with E-state index in [-0.39, 0.29) is 17.2 Å². The van der Waals surface area contributed by atoms with Crippen LogP contribution in [0.25, 0.3) is 0 Å². The first kappa shape index (κ1) is 15.4. The molecular formula is C14H17NO5S. The van der Waals surface area contributed by atoms with Gasteiger partial charge in [0, 0.05) is 6.07 Å². The molecule has 6 nitrogen and oxygen atoms in total. The van der Waals surface area contributed by atoms with Crippen LogP contribution in [0.3, 0.4) is 0 Å². The van der Waals surface area contributed by atoms with Gasteiger partial charge in [-0.15, -0.1) is 0 Å². The van der Waals surface area contributed by atoms with E-state index in [2.05, 4.69) is 4.72 Å². The molecule has 0 aliphatic heterocycles. The number of sulfonamides is 1. The van der Waals surface area contributed by atoms with Crippen molar-refractivity contribution in [3.8, 4) is 11.5 Å². The highest BCUT2D eigenvalue weighted by molar-refractivity contribution is 7.89. The Hall–Kier alpha value is -1.99. The third-order valence-corrected chi connectivity index (χ3v) is 4.41. The van der Waals surface area contributed by atoms with Crippen molar-refractivity contribution in [2.24, 2.45) is 0 Å². The number of nitrogens with one attached hydrogen (secondary N) is 1. The number of ether oxygens (including phenoxy) is 2. The normalized spacial score (nSPS) is 11.4. The van der Waals surface area contributed by atoms with Crippen LogP contribution in [0.4, 0.5) is 0 Å². The highest BCUT2D eigenvalue weighted by Crippen LogP contribution is 2.31. The number of benzene rings is 1. The zero-order chi connectivity index (χ0) is 15.5. The Bertz CT molecular complexity index is 707. The summed E-state index contributed by atoms with van der Waals surface area (Å²) >= 11 is 0. The topological polar surface area (TPSA) is 77.8 Å². The smallest absolute Gasteiger partial charge is 0.244 e. The molecule has 1 aromatic heterocycles. The van der Waals surface area contributed by atoms with E-state index in [1.165, 1.54) is 26.5 Å². The molecule has 7 heteroatoms. The largest absolute Gasteiger partial charge is 0.496 e. The van der Waals surface area contributed by atoms with Crippen molar-refractivity contribution in [2.75, 3.05) is 14.2 Å². The lowest BCUT2D eigenvalue weighted by Gasteiger charge is -2.13. The van der Waals surface area contributed by atoms with Crippen LogP contribution in [-0.2, 0) is 16.6 Å². The molecule has 0 amide bonds. The lowest BCUT2D eigenvalue weighted by molar-refractivity contribution is 0.389. The van der Waals surface area contributed by atoms with Crippen molar-refractivity contribution >= 4 is 10.0 Å². The number of rotatable bonds is 6. The fraction of sp³-hybridized carbons (Fsp3) is 0.286. The minimum absolute atomic E-state index is 0.0269. The summed E-state index contributed by atoms with van der Waals surface area (Å²) in [7, 11) is -0.832. The van der Waals surface area contributed by atoms with Crippen LogP contribution < -0.4 is 14.2 Å².